The summed E-state index contributed by atoms with van der Waals surface area (Å²) in [4.78, 5) is 16.9. The van der Waals surface area contributed by atoms with E-state index in [1.807, 2.05) is 11.9 Å². The second-order valence-corrected chi connectivity index (χ2v) is 7.34. The van der Waals surface area contributed by atoms with Crippen LogP contribution in [0.1, 0.15) is 46.7 Å². The highest BCUT2D eigenvalue weighted by atomic mass is 16.5. The Balaban J connectivity index is 1.44. The minimum atomic E-state index is -0.0766. The van der Waals surface area contributed by atoms with Crippen molar-refractivity contribution in [1.29, 1.82) is 0 Å². The summed E-state index contributed by atoms with van der Waals surface area (Å²) in [6.07, 6.45) is 1.95. The molecule has 9 nitrogen and oxygen atoms in total. The fraction of sp³-hybridized carbons (Fsp3) is 0.667. The number of aryl methyl sites for hydroxylation is 1. The maximum absolute atomic E-state index is 12.7. The van der Waals surface area contributed by atoms with Crippen molar-refractivity contribution in [2.45, 2.75) is 32.2 Å². The highest BCUT2D eigenvalue weighted by molar-refractivity contribution is 5.92. The van der Waals surface area contributed by atoms with Gasteiger partial charge in [-0.05, 0) is 19.8 Å². The number of carbonyl (C=O) groups is 1. The molecule has 2 aromatic rings. The first-order valence-electron chi connectivity index (χ1n) is 9.52. The van der Waals surface area contributed by atoms with Crippen LogP contribution in [0, 0.1) is 6.92 Å². The van der Waals surface area contributed by atoms with Crippen LogP contribution in [0.5, 0.6) is 0 Å². The topological polar surface area (TPSA) is 89.5 Å². The lowest BCUT2D eigenvalue weighted by molar-refractivity contribution is 0.0326. The Morgan fingerprint density at radius 3 is 2.81 bits per heavy atom. The van der Waals surface area contributed by atoms with Gasteiger partial charge in [0.05, 0.1) is 19.8 Å². The van der Waals surface area contributed by atoms with Crippen molar-refractivity contribution >= 4 is 5.91 Å². The summed E-state index contributed by atoms with van der Waals surface area (Å²) in [5, 5.41) is 12.7. The van der Waals surface area contributed by atoms with Crippen LogP contribution in [-0.2, 0) is 18.3 Å². The van der Waals surface area contributed by atoms with Crippen molar-refractivity contribution < 1.29 is 14.1 Å². The molecule has 1 atom stereocenters. The number of piperidine rings is 1. The minimum Gasteiger partial charge on any atom is -0.379 e. The van der Waals surface area contributed by atoms with E-state index in [1.54, 1.807) is 13.0 Å². The molecular formula is C18H26N6O3. The van der Waals surface area contributed by atoms with Gasteiger partial charge in [0.15, 0.2) is 5.69 Å². The smallest absolute Gasteiger partial charge is 0.276 e. The van der Waals surface area contributed by atoms with Gasteiger partial charge in [-0.1, -0.05) is 5.16 Å². The Morgan fingerprint density at radius 1 is 1.26 bits per heavy atom. The van der Waals surface area contributed by atoms with E-state index in [-0.39, 0.29) is 11.8 Å². The van der Waals surface area contributed by atoms with Gasteiger partial charge >= 0.3 is 0 Å². The van der Waals surface area contributed by atoms with Gasteiger partial charge in [-0.15, -0.1) is 10.2 Å². The van der Waals surface area contributed by atoms with Gasteiger partial charge in [-0.2, -0.15) is 0 Å². The van der Waals surface area contributed by atoms with Crippen molar-refractivity contribution in [1.82, 2.24) is 29.7 Å². The number of hydrogen-bond donors (Lipinski definition) is 0. The summed E-state index contributed by atoms with van der Waals surface area (Å²) >= 11 is 0. The molecule has 27 heavy (non-hydrogen) atoms. The van der Waals surface area contributed by atoms with Gasteiger partial charge in [0.25, 0.3) is 5.91 Å². The zero-order valence-electron chi connectivity index (χ0n) is 15.9. The third-order valence-corrected chi connectivity index (χ3v) is 5.39. The van der Waals surface area contributed by atoms with Crippen LogP contribution in [-0.4, -0.2) is 75.0 Å². The lowest BCUT2D eigenvalue weighted by Gasteiger charge is -2.31. The van der Waals surface area contributed by atoms with Crippen molar-refractivity contribution in [2.75, 3.05) is 39.4 Å². The van der Waals surface area contributed by atoms with Gasteiger partial charge in [-0.3, -0.25) is 9.69 Å². The molecule has 2 saturated heterocycles. The number of morpholine rings is 1. The molecule has 4 heterocycles. The maximum Gasteiger partial charge on any atom is 0.276 e. The van der Waals surface area contributed by atoms with E-state index in [1.165, 1.54) is 0 Å². The second-order valence-electron chi connectivity index (χ2n) is 7.34. The molecule has 0 saturated carbocycles. The molecule has 2 aromatic heterocycles. The highest BCUT2D eigenvalue weighted by Crippen LogP contribution is 2.27. The van der Waals surface area contributed by atoms with E-state index < -0.39 is 0 Å². The number of ether oxygens (including phenoxy) is 1. The van der Waals surface area contributed by atoms with E-state index in [2.05, 4.69) is 24.8 Å². The van der Waals surface area contributed by atoms with E-state index in [0.717, 1.165) is 63.9 Å². The molecule has 146 valence electrons. The maximum atomic E-state index is 12.7. The Labute approximate surface area is 158 Å². The van der Waals surface area contributed by atoms with Gasteiger partial charge in [0.1, 0.15) is 17.4 Å². The molecule has 0 N–H and O–H groups in total. The average molecular weight is 374 g/mol. The summed E-state index contributed by atoms with van der Waals surface area (Å²) in [5.41, 5.74) is 0.374. The van der Waals surface area contributed by atoms with Crippen LogP contribution in [0.4, 0.5) is 0 Å². The lowest BCUT2D eigenvalue weighted by Crippen LogP contribution is -2.40. The predicted molar refractivity (Wildman–Crippen MR) is 96.2 cm³/mol. The zero-order valence-corrected chi connectivity index (χ0v) is 15.9. The number of rotatable bonds is 4. The Morgan fingerprint density at radius 2 is 2.07 bits per heavy atom. The van der Waals surface area contributed by atoms with E-state index in [9.17, 15) is 4.79 Å². The van der Waals surface area contributed by atoms with Crippen molar-refractivity contribution in [3.05, 3.63) is 29.2 Å². The molecule has 4 rings (SSSR count). The van der Waals surface area contributed by atoms with Crippen molar-refractivity contribution in [3.8, 4) is 0 Å². The van der Waals surface area contributed by atoms with Gasteiger partial charge < -0.3 is 18.7 Å². The molecule has 0 bridgehead atoms. The van der Waals surface area contributed by atoms with Gasteiger partial charge in [-0.25, -0.2) is 0 Å². The molecule has 2 aliphatic rings. The average Bonchev–Trinajstić information content (AvgIpc) is 3.28. The Bertz CT molecular complexity index is 795. The number of amides is 1. The van der Waals surface area contributed by atoms with E-state index in [4.69, 9.17) is 9.26 Å². The zero-order chi connectivity index (χ0) is 18.8. The van der Waals surface area contributed by atoms with Crippen LogP contribution in [0.2, 0.25) is 0 Å². The summed E-state index contributed by atoms with van der Waals surface area (Å²) in [6.45, 7) is 7.32. The standard InChI is InChI=1S/C18H26N6O3/c1-13-10-15(21-27-13)18(25)24-5-3-4-14(11-24)17-20-19-16(22(17)2)12-23-6-8-26-9-7-23/h10,14H,3-9,11-12H2,1-2H3/t14-/m0/s1. The summed E-state index contributed by atoms with van der Waals surface area (Å²) in [6, 6.07) is 1.69. The third kappa shape index (κ3) is 3.89. The van der Waals surface area contributed by atoms with Gasteiger partial charge in [0.2, 0.25) is 0 Å². The fourth-order valence-electron chi connectivity index (χ4n) is 3.83. The Kier molecular flexibility index (Phi) is 5.22. The predicted octanol–water partition coefficient (Wildman–Crippen LogP) is 0.964. The molecule has 1 amide bonds. The molecule has 0 aliphatic carbocycles. The monoisotopic (exact) mass is 374 g/mol. The van der Waals surface area contributed by atoms with Crippen molar-refractivity contribution in [2.24, 2.45) is 7.05 Å². The third-order valence-electron chi connectivity index (χ3n) is 5.39. The Hall–Kier alpha value is -2.26. The summed E-state index contributed by atoms with van der Waals surface area (Å²) < 4.78 is 12.5. The van der Waals surface area contributed by atoms with Crippen molar-refractivity contribution in [3.63, 3.8) is 0 Å². The van der Waals surface area contributed by atoms with Crippen LogP contribution in [0.3, 0.4) is 0 Å². The van der Waals surface area contributed by atoms with Crippen LogP contribution >= 0.6 is 0 Å². The first-order valence-corrected chi connectivity index (χ1v) is 9.52. The molecule has 9 heteroatoms. The second kappa shape index (κ2) is 7.77. The van der Waals surface area contributed by atoms with Gasteiger partial charge in [0, 0.05) is 45.2 Å². The molecule has 0 spiro atoms. The summed E-state index contributed by atoms with van der Waals surface area (Å²) in [7, 11) is 2.02. The quantitative estimate of drug-likeness (QED) is 0.787. The molecule has 0 radical (unpaired) electrons. The number of carbonyl (C=O) groups excluding carboxylic acids is 1. The number of hydrogen-bond acceptors (Lipinski definition) is 7. The van der Waals surface area contributed by atoms with Crippen LogP contribution in [0.25, 0.3) is 0 Å². The number of nitrogens with zero attached hydrogens (tertiary/aromatic N) is 6. The largest absolute Gasteiger partial charge is 0.379 e. The molecule has 0 unspecified atom stereocenters. The highest BCUT2D eigenvalue weighted by Gasteiger charge is 2.30. The van der Waals surface area contributed by atoms with Crippen LogP contribution < -0.4 is 0 Å². The normalized spacial score (nSPS) is 21.6. The van der Waals surface area contributed by atoms with Crippen LogP contribution in [0.15, 0.2) is 10.6 Å². The first kappa shape index (κ1) is 18.1. The SMILES string of the molecule is Cc1cc(C(=O)N2CCC[C@H](c3nnc(CN4CCOCC4)n3C)C2)no1. The molecule has 0 aromatic carbocycles. The molecular weight excluding hydrogens is 348 g/mol. The van der Waals surface area contributed by atoms with E-state index in [0.29, 0.717) is 18.0 Å². The molecule has 2 aliphatic heterocycles. The number of aromatic nitrogens is 4. The summed E-state index contributed by atoms with van der Waals surface area (Å²) in [5.74, 6) is 2.67. The fourth-order valence-corrected chi connectivity index (χ4v) is 3.83. The molecule has 2 fully saturated rings. The van der Waals surface area contributed by atoms with E-state index >= 15 is 0 Å². The lowest BCUT2D eigenvalue weighted by atomic mass is 9.97. The minimum absolute atomic E-state index is 0.0766. The first-order chi connectivity index (χ1) is 13.1. The number of likely N-dealkylation sites (tertiary alicyclic amines) is 1.